The molecule has 1 aliphatic heterocycles. The molecule has 8 heteroatoms. The Bertz CT molecular complexity index is 875. The van der Waals surface area contributed by atoms with Crippen LogP contribution in [-0.4, -0.2) is 43.0 Å². The highest BCUT2D eigenvalue weighted by atomic mass is 19.4. The van der Waals surface area contributed by atoms with Gasteiger partial charge in [-0.1, -0.05) is 24.3 Å². The molecule has 2 aromatic carbocycles. The van der Waals surface area contributed by atoms with Crippen LogP contribution in [0.2, 0.25) is 0 Å². The van der Waals surface area contributed by atoms with E-state index in [9.17, 15) is 27.9 Å². The van der Waals surface area contributed by atoms with Crippen LogP contribution in [0.3, 0.4) is 0 Å². The summed E-state index contributed by atoms with van der Waals surface area (Å²) in [6.45, 7) is 2.07. The summed E-state index contributed by atoms with van der Waals surface area (Å²) in [6.07, 6.45) is -4.69. The van der Waals surface area contributed by atoms with Crippen molar-refractivity contribution in [1.29, 1.82) is 0 Å². The minimum absolute atomic E-state index is 0.0477. The Morgan fingerprint density at radius 2 is 1.52 bits per heavy atom. The number of benzene rings is 2. The number of rotatable bonds is 4. The fourth-order valence-corrected chi connectivity index (χ4v) is 3.20. The summed E-state index contributed by atoms with van der Waals surface area (Å²) in [5, 5.41) is 12.6. The van der Waals surface area contributed by atoms with Crippen LogP contribution in [-0.2, 0) is 6.18 Å². The highest BCUT2D eigenvalue weighted by Gasteiger charge is 2.36. The van der Waals surface area contributed by atoms with E-state index in [1.807, 2.05) is 0 Å². The fourth-order valence-electron chi connectivity index (χ4n) is 3.20. The Kier molecular flexibility index (Phi) is 5.18. The number of halogens is 3. The van der Waals surface area contributed by atoms with Crippen molar-refractivity contribution in [2.24, 2.45) is 0 Å². The van der Waals surface area contributed by atoms with E-state index < -0.39 is 29.1 Å². The zero-order chi connectivity index (χ0) is 19.6. The van der Waals surface area contributed by atoms with Crippen molar-refractivity contribution >= 4 is 17.4 Å². The minimum Gasteiger partial charge on any atom is -0.478 e. The van der Waals surface area contributed by atoms with Gasteiger partial charge in [-0.25, -0.2) is 4.79 Å². The average molecular weight is 378 g/mol. The molecular weight excluding hydrogens is 361 g/mol. The van der Waals surface area contributed by atoms with E-state index >= 15 is 0 Å². The lowest BCUT2D eigenvalue weighted by Gasteiger charge is -2.32. The van der Waals surface area contributed by atoms with E-state index in [0.29, 0.717) is 26.2 Å². The summed E-state index contributed by atoms with van der Waals surface area (Å²) in [4.78, 5) is 26.4. The molecule has 0 aliphatic carbocycles. The maximum Gasteiger partial charge on any atom is 0.417 e. The molecule has 0 atom stereocenters. The molecule has 2 N–H and O–H groups in total. The SMILES string of the molecule is O=C(O)c1cccc(C(=O)c2ccccc2C(F)(F)F)c1N1CCNCC1. The first kappa shape index (κ1) is 18.9. The molecule has 0 radical (unpaired) electrons. The summed E-state index contributed by atoms with van der Waals surface area (Å²) in [7, 11) is 0. The van der Waals surface area contributed by atoms with E-state index in [4.69, 9.17) is 0 Å². The van der Waals surface area contributed by atoms with Crippen LogP contribution in [0.15, 0.2) is 42.5 Å². The fraction of sp³-hybridized carbons (Fsp3) is 0.263. The molecule has 27 heavy (non-hydrogen) atoms. The Hall–Kier alpha value is -2.87. The van der Waals surface area contributed by atoms with Crippen LogP contribution in [0.1, 0.15) is 31.8 Å². The van der Waals surface area contributed by atoms with Crippen LogP contribution in [0.4, 0.5) is 18.9 Å². The molecule has 0 saturated carbocycles. The number of piperazine rings is 1. The third-order valence-electron chi connectivity index (χ3n) is 4.42. The number of hydrogen-bond acceptors (Lipinski definition) is 4. The predicted molar refractivity (Wildman–Crippen MR) is 93.4 cm³/mol. The maximum absolute atomic E-state index is 13.3. The first-order valence-corrected chi connectivity index (χ1v) is 8.33. The number of carboxylic acids is 1. The number of alkyl halides is 3. The molecule has 3 rings (SSSR count). The number of carboxylic acid groups (broad SMARTS) is 1. The van der Waals surface area contributed by atoms with E-state index in [2.05, 4.69) is 5.32 Å². The summed E-state index contributed by atoms with van der Waals surface area (Å²) in [6, 6.07) is 8.63. The van der Waals surface area contributed by atoms with Crippen molar-refractivity contribution in [3.8, 4) is 0 Å². The van der Waals surface area contributed by atoms with Gasteiger partial charge in [0, 0.05) is 37.3 Å². The van der Waals surface area contributed by atoms with Gasteiger partial charge in [0.2, 0.25) is 0 Å². The highest BCUT2D eigenvalue weighted by Crippen LogP contribution is 2.35. The first-order valence-electron chi connectivity index (χ1n) is 8.33. The van der Waals surface area contributed by atoms with E-state index in [-0.39, 0.29) is 16.8 Å². The molecule has 1 fully saturated rings. The van der Waals surface area contributed by atoms with E-state index in [1.165, 1.54) is 30.3 Å². The van der Waals surface area contributed by atoms with Crippen LogP contribution < -0.4 is 10.2 Å². The Morgan fingerprint density at radius 3 is 2.15 bits per heavy atom. The summed E-state index contributed by atoms with van der Waals surface area (Å²) >= 11 is 0. The molecule has 0 aromatic heterocycles. The second kappa shape index (κ2) is 7.40. The molecule has 1 aliphatic rings. The molecule has 2 aromatic rings. The van der Waals surface area contributed by atoms with Crippen LogP contribution in [0.5, 0.6) is 0 Å². The van der Waals surface area contributed by atoms with Gasteiger partial charge in [0.15, 0.2) is 5.78 Å². The van der Waals surface area contributed by atoms with Gasteiger partial charge in [0.1, 0.15) is 0 Å². The van der Waals surface area contributed by atoms with Gasteiger partial charge in [-0.2, -0.15) is 13.2 Å². The number of carbonyl (C=O) groups is 2. The summed E-state index contributed by atoms with van der Waals surface area (Å²) in [5.74, 6) is -2.08. The number of nitrogens with one attached hydrogen (secondary N) is 1. The molecule has 0 unspecified atom stereocenters. The summed E-state index contributed by atoms with van der Waals surface area (Å²) in [5.41, 5.74) is -1.53. The third kappa shape index (κ3) is 3.80. The van der Waals surface area contributed by atoms with Crippen molar-refractivity contribution in [3.63, 3.8) is 0 Å². The van der Waals surface area contributed by atoms with Crippen molar-refractivity contribution in [2.75, 3.05) is 31.1 Å². The second-order valence-corrected chi connectivity index (χ2v) is 6.12. The molecule has 5 nitrogen and oxygen atoms in total. The number of ketones is 1. The third-order valence-corrected chi connectivity index (χ3v) is 4.42. The van der Waals surface area contributed by atoms with Crippen LogP contribution in [0, 0.1) is 0 Å². The lowest BCUT2D eigenvalue weighted by molar-refractivity contribution is -0.137. The quantitative estimate of drug-likeness (QED) is 0.801. The van der Waals surface area contributed by atoms with Gasteiger partial charge in [-0.3, -0.25) is 4.79 Å². The number of hydrogen-bond donors (Lipinski definition) is 2. The zero-order valence-electron chi connectivity index (χ0n) is 14.2. The van der Waals surface area contributed by atoms with Crippen molar-refractivity contribution in [2.45, 2.75) is 6.18 Å². The number of carbonyl (C=O) groups excluding carboxylic acids is 1. The lowest BCUT2D eigenvalue weighted by Crippen LogP contribution is -2.44. The monoisotopic (exact) mass is 378 g/mol. The molecule has 1 heterocycles. The highest BCUT2D eigenvalue weighted by molar-refractivity contribution is 6.15. The molecule has 1 saturated heterocycles. The topological polar surface area (TPSA) is 69.6 Å². The van der Waals surface area contributed by atoms with Crippen LogP contribution >= 0.6 is 0 Å². The Balaban J connectivity index is 2.16. The number of anilines is 1. The van der Waals surface area contributed by atoms with Gasteiger partial charge in [-0.05, 0) is 18.2 Å². The van der Waals surface area contributed by atoms with E-state index in [1.54, 1.807) is 4.90 Å². The largest absolute Gasteiger partial charge is 0.478 e. The zero-order valence-corrected chi connectivity index (χ0v) is 14.2. The Labute approximate surface area is 153 Å². The van der Waals surface area contributed by atoms with Gasteiger partial charge in [-0.15, -0.1) is 0 Å². The van der Waals surface area contributed by atoms with Crippen molar-refractivity contribution in [1.82, 2.24) is 5.32 Å². The van der Waals surface area contributed by atoms with Crippen LogP contribution in [0.25, 0.3) is 0 Å². The van der Waals surface area contributed by atoms with Gasteiger partial charge in [0.25, 0.3) is 0 Å². The smallest absolute Gasteiger partial charge is 0.417 e. The molecular formula is C19H17F3N2O3. The predicted octanol–water partition coefficient (Wildman–Crippen LogP) is 3.04. The van der Waals surface area contributed by atoms with Gasteiger partial charge < -0.3 is 15.3 Å². The molecule has 0 amide bonds. The maximum atomic E-state index is 13.3. The minimum atomic E-state index is -4.69. The molecule has 0 bridgehead atoms. The molecule has 142 valence electrons. The van der Waals surface area contributed by atoms with E-state index in [0.717, 1.165) is 12.1 Å². The van der Waals surface area contributed by atoms with Crippen molar-refractivity contribution < 1.29 is 27.9 Å². The van der Waals surface area contributed by atoms with Gasteiger partial charge >= 0.3 is 12.1 Å². The number of nitrogens with zero attached hydrogens (tertiary/aromatic N) is 1. The average Bonchev–Trinajstić information content (AvgIpc) is 2.66. The Morgan fingerprint density at radius 1 is 0.926 bits per heavy atom. The lowest BCUT2D eigenvalue weighted by atomic mass is 9.94. The molecule has 0 spiro atoms. The standard InChI is InChI=1S/C19H17F3N2O3/c20-19(21,22)15-7-2-1-4-12(15)17(25)13-5-3-6-14(18(26)27)16(13)24-10-8-23-9-11-24/h1-7,23H,8-11H2,(H,26,27). The summed E-state index contributed by atoms with van der Waals surface area (Å²) < 4.78 is 40.0. The number of aromatic carboxylic acids is 1. The van der Waals surface area contributed by atoms with Crippen molar-refractivity contribution in [3.05, 3.63) is 64.7 Å². The number of para-hydroxylation sites is 1. The second-order valence-electron chi connectivity index (χ2n) is 6.12. The van der Waals surface area contributed by atoms with Gasteiger partial charge in [0.05, 0.1) is 16.8 Å². The normalized spacial score (nSPS) is 14.9. The first-order chi connectivity index (χ1) is 12.8.